The van der Waals surface area contributed by atoms with Crippen LogP contribution in [0.4, 0.5) is 0 Å². The van der Waals surface area contributed by atoms with Crippen molar-refractivity contribution in [1.82, 2.24) is 5.32 Å². The second-order valence-corrected chi connectivity index (χ2v) is 2.85. The minimum atomic E-state index is 1.06. The Labute approximate surface area is 44.1 Å². The van der Waals surface area contributed by atoms with Gasteiger partial charge in [0.1, 0.15) is 0 Å². The summed E-state index contributed by atoms with van der Waals surface area (Å²) in [5.74, 6) is 3.20. The average molecular weight is 97.2 g/mol. The first-order chi connectivity index (χ1) is 3.39. The lowest BCUT2D eigenvalue weighted by Crippen LogP contribution is -2.13. The van der Waals surface area contributed by atoms with Crippen molar-refractivity contribution in [3.05, 3.63) is 0 Å². The maximum atomic E-state index is 3.35. The molecular formula is C6H11N. The number of rotatable bonds is 0. The number of nitrogens with one attached hydrogen (secondary N) is 1. The molecule has 0 radical (unpaired) electrons. The van der Waals surface area contributed by atoms with Gasteiger partial charge in [0.2, 0.25) is 0 Å². The Morgan fingerprint density at radius 1 is 1.29 bits per heavy atom. The molecule has 0 bridgehead atoms. The third kappa shape index (κ3) is 0.367. The lowest BCUT2D eigenvalue weighted by molar-refractivity contribution is 0.634. The van der Waals surface area contributed by atoms with Gasteiger partial charge in [0.25, 0.3) is 0 Å². The predicted octanol–water partition coefficient (Wildman–Crippen LogP) is 0.472. The summed E-state index contributed by atoms with van der Waals surface area (Å²) < 4.78 is 0. The molecule has 1 saturated carbocycles. The fourth-order valence-electron chi connectivity index (χ4n) is 1.73. The summed E-state index contributed by atoms with van der Waals surface area (Å²) in [6.07, 6.45) is 0. The lowest BCUT2D eigenvalue weighted by atomic mass is 10.3. The fourth-order valence-corrected chi connectivity index (χ4v) is 1.73. The van der Waals surface area contributed by atoms with Gasteiger partial charge in [0, 0.05) is 0 Å². The van der Waals surface area contributed by atoms with E-state index < -0.39 is 0 Å². The average Bonchev–Trinajstić information content (AvgIpc) is 2.26. The summed E-state index contributed by atoms with van der Waals surface area (Å²) >= 11 is 0. The molecule has 1 heteroatoms. The van der Waals surface area contributed by atoms with Gasteiger partial charge in [-0.15, -0.1) is 0 Å². The van der Waals surface area contributed by atoms with Crippen LogP contribution in [0.25, 0.3) is 0 Å². The molecule has 2 unspecified atom stereocenters. The first kappa shape index (κ1) is 3.90. The quantitative estimate of drug-likeness (QED) is 0.463. The SMILES string of the molecule is CC1C2CNC[C@@H]12. The van der Waals surface area contributed by atoms with E-state index in [1.54, 1.807) is 0 Å². The minimum absolute atomic E-state index is 1.06. The second-order valence-electron chi connectivity index (χ2n) is 2.85. The second kappa shape index (κ2) is 1.03. The Hall–Kier alpha value is -0.0400. The van der Waals surface area contributed by atoms with Gasteiger partial charge in [-0.25, -0.2) is 0 Å². The van der Waals surface area contributed by atoms with Crippen molar-refractivity contribution in [2.24, 2.45) is 17.8 Å². The van der Waals surface area contributed by atoms with Crippen molar-refractivity contribution in [1.29, 1.82) is 0 Å². The van der Waals surface area contributed by atoms with E-state index in [-0.39, 0.29) is 0 Å². The van der Waals surface area contributed by atoms with Crippen LogP contribution in [0.15, 0.2) is 0 Å². The van der Waals surface area contributed by atoms with Crippen LogP contribution >= 0.6 is 0 Å². The van der Waals surface area contributed by atoms with Gasteiger partial charge >= 0.3 is 0 Å². The minimum Gasteiger partial charge on any atom is -0.316 e. The van der Waals surface area contributed by atoms with Crippen LogP contribution in [0, 0.1) is 17.8 Å². The molecule has 1 saturated heterocycles. The Bertz CT molecular complexity index is 80.2. The maximum Gasteiger partial charge on any atom is -0.00145 e. The molecule has 1 aliphatic heterocycles. The molecule has 2 fully saturated rings. The molecule has 0 aromatic carbocycles. The third-order valence-electron chi connectivity index (χ3n) is 2.52. The highest BCUT2D eigenvalue weighted by molar-refractivity contribution is 5.01. The molecule has 0 aromatic rings. The molecule has 3 atom stereocenters. The van der Waals surface area contributed by atoms with E-state index in [1.807, 2.05) is 0 Å². The van der Waals surface area contributed by atoms with Crippen molar-refractivity contribution >= 4 is 0 Å². The first-order valence-corrected chi connectivity index (χ1v) is 3.10. The van der Waals surface area contributed by atoms with Crippen LogP contribution in [0.2, 0.25) is 0 Å². The summed E-state index contributed by atoms with van der Waals surface area (Å²) in [7, 11) is 0. The van der Waals surface area contributed by atoms with Crippen LogP contribution in [0.3, 0.4) is 0 Å². The highest BCUT2D eigenvalue weighted by atomic mass is 15.0. The van der Waals surface area contributed by atoms with Crippen LogP contribution < -0.4 is 5.32 Å². The van der Waals surface area contributed by atoms with Gasteiger partial charge in [-0.1, -0.05) is 6.92 Å². The zero-order valence-corrected chi connectivity index (χ0v) is 4.65. The highest BCUT2D eigenvalue weighted by Crippen LogP contribution is 2.47. The smallest absolute Gasteiger partial charge is 0.00145 e. The number of fused-ring (bicyclic) bond motifs is 1. The van der Waals surface area contributed by atoms with Crippen molar-refractivity contribution in [3.63, 3.8) is 0 Å². The van der Waals surface area contributed by atoms with E-state index in [2.05, 4.69) is 12.2 Å². The van der Waals surface area contributed by atoms with E-state index in [1.165, 1.54) is 13.1 Å². The van der Waals surface area contributed by atoms with Crippen LogP contribution in [-0.2, 0) is 0 Å². The largest absolute Gasteiger partial charge is 0.316 e. The molecule has 0 amide bonds. The zero-order valence-electron chi connectivity index (χ0n) is 4.65. The van der Waals surface area contributed by atoms with E-state index in [9.17, 15) is 0 Å². The number of piperidine rings is 1. The standard InChI is InChI=1S/C6H11N/c1-4-5-2-7-3-6(4)5/h4-7H,2-3H2,1H3/t4?,5-,6?/m0/s1. The highest BCUT2D eigenvalue weighted by Gasteiger charge is 2.49. The summed E-state index contributed by atoms with van der Waals surface area (Å²) in [5, 5.41) is 3.35. The molecule has 40 valence electrons. The van der Waals surface area contributed by atoms with Crippen molar-refractivity contribution in [2.45, 2.75) is 6.92 Å². The molecule has 1 heterocycles. The normalized spacial score (nSPS) is 57.0. The van der Waals surface area contributed by atoms with Gasteiger partial charge in [0.05, 0.1) is 0 Å². The van der Waals surface area contributed by atoms with Crippen LogP contribution in [0.1, 0.15) is 6.92 Å². The van der Waals surface area contributed by atoms with Gasteiger partial charge < -0.3 is 5.32 Å². The van der Waals surface area contributed by atoms with E-state index in [0.29, 0.717) is 0 Å². The van der Waals surface area contributed by atoms with Gasteiger partial charge in [-0.05, 0) is 30.8 Å². The Morgan fingerprint density at radius 3 is 2.14 bits per heavy atom. The molecule has 0 aromatic heterocycles. The van der Waals surface area contributed by atoms with Crippen LogP contribution in [-0.4, -0.2) is 13.1 Å². The van der Waals surface area contributed by atoms with Gasteiger partial charge in [-0.3, -0.25) is 0 Å². The summed E-state index contributed by atoms with van der Waals surface area (Å²) in [5.41, 5.74) is 0. The molecule has 2 rings (SSSR count). The lowest BCUT2D eigenvalue weighted by Gasteiger charge is -1.93. The molecule has 7 heavy (non-hydrogen) atoms. The molecular weight excluding hydrogens is 86.1 g/mol. The van der Waals surface area contributed by atoms with E-state index in [0.717, 1.165) is 17.8 Å². The number of hydrogen-bond acceptors (Lipinski definition) is 1. The molecule has 2 aliphatic rings. The van der Waals surface area contributed by atoms with E-state index in [4.69, 9.17) is 0 Å². The maximum absolute atomic E-state index is 3.35. The fraction of sp³-hybridized carbons (Fsp3) is 1.00. The monoisotopic (exact) mass is 97.1 g/mol. The Kier molecular flexibility index (Phi) is 0.571. The van der Waals surface area contributed by atoms with Crippen molar-refractivity contribution in [3.8, 4) is 0 Å². The summed E-state index contributed by atoms with van der Waals surface area (Å²) in [6.45, 7) is 4.95. The summed E-state index contributed by atoms with van der Waals surface area (Å²) in [6, 6.07) is 0. The molecule has 1 nitrogen and oxygen atoms in total. The zero-order chi connectivity index (χ0) is 4.85. The van der Waals surface area contributed by atoms with Gasteiger partial charge in [-0.2, -0.15) is 0 Å². The Morgan fingerprint density at radius 2 is 1.86 bits per heavy atom. The molecule has 1 N–H and O–H groups in total. The Balaban J connectivity index is 2.06. The topological polar surface area (TPSA) is 12.0 Å². The summed E-state index contributed by atoms with van der Waals surface area (Å²) in [4.78, 5) is 0. The number of hydrogen-bond donors (Lipinski definition) is 1. The third-order valence-corrected chi connectivity index (χ3v) is 2.52. The van der Waals surface area contributed by atoms with Crippen molar-refractivity contribution < 1.29 is 0 Å². The van der Waals surface area contributed by atoms with E-state index >= 15 is 0 Å². The van der Waals surface area contributed by atoms with Gasteiger partial charge in [0.15, 0.2) is 0 Å². The molecule has 0 spiro atoms. The molecule has 1 aliphatic carbocycles. The predicted molar refractivity (Wildman–Crippen MR) is 29.0 cm³/mol. The van der Waals surface area contributed by atoms with Crippen LogP contribution in [0.5, 0.6) is 0 Å². The first-order valence-electron chi connectivity index (χ1n) is 3.10. The van der Waals surface area contributed by atoms with Crippen molar-refractivity contribution in [2.75, 3.05) is 13.1 Å².